The van der Waals surface area contributed by atoms with Crippen molar-refractivity contribution in [1.29, 1.82) is 0 Å². The van der Waals surface area contributed by atoms with Crippen molar-refractivity contribution in [3.05, 3.63) is 235 Å². The fraction of sp³-hybridized carbons (Fsp3) is 0.0189. The smallest absolute Gasteiger partial charge is 0.136 e. The van der Waals surface area contributed by atoms with Gasteiger partial charge in [0, 0.05) is 33.1 Å². The third-order valence-electron chi connectivity index (χ3n) is 11.5. The maximum atomic E-state index is 6.42. The summed E-state index contributed by atoms with van der Waals surface area (Å²) in [5.41, 5.74) is 14.5. The quantitative estimate of drug-likeness (QED) is 0.172. The molecule has 0 unspecified atom stereocenters. The predicted molar refractivity (Wildman–Crippen MR) is 229 cm³/mol. The molecule has 0 aliphatic heterocycles. The number of nitrogens with zero attached hydrogens (tertiary/aromatic N) is 1. The van der Waals surface area contributed by atoms with Crippen LogP contribution in [0.5, 0.6) is 0 Å². The van der Waals surface area contributed by atoms with E-state index in [1.165, 1.54) is 49.7 Å². The van der Waals surface area contributed by atoms with Gasteiger partial charge in [0.1, 0.15) is 11.2 Å². The van der Waals surface area contributed by atoms with E-state index in [1.54, 1.807) is 0 Å². The Kier molecular flexibility index (Phi) is 7.11. The summed E-state index contributed by atoms with van der Waals surface area (Å²) >= 11 is 0. The number of furan rings is 1. The van der Waals surface area contributed by atoms with Crippen LogP contribution in [-0.2, 0) is 5.41 Å². The Morgan fingerprint density at radius 2 is 0.982 bits per heavy atom. The molecule has 0 N–H and O–H groups in total. The average Bonchev–Trinajstić information content (AvgIpc) is 3.79. The molecule has 0 amide bonds. The monoisotopic (exact) mass is 701 g/mol. The van der Waals surface area contributed by atoms with E-state index < -0.39 is 5.41 Å². The highest BCUT2D eigenvalue weighted by Gasteiger charge is 2.46. The Labute approximate surface area is 320 Å². The fourth-order valence-electron chi connectivity index (χ4n) is 9.29. The van der Waals surface area contributed by atoms with Gasteiger partial charge in [0.15, 0.2) is 0 Å². The molecule has 0 saturated carbocycles. The van der Waals surface area contributed by atoms with Crippen molar-refractivity contribution >= 4 is 49.8 Å². The van der Waals surface area contributed by atoms with Gasteiger partial charge in [-0.15, -0.1) is 0 Å². The molecular weight excluding hydrogens is 667 g/mol. The van der Waals surface area contributed by atoms with Crippen LogP contribution in [0.25, 0.3) is 55.0 Å². The molecule has 1 aliphatic carbocycles. The molecule has 11 rings (SSSR count). The molecule has 2 heteroatoms. The van der Waals surface area contributed by atoms with Crippen molar-refractivity contribution < 1.29 is 4.42 Å². The number of fused-ring (bicyclic) bond motifs is 8. The summed E-state index contributed by atoms with van der Waals surface area (Å²) in [4.78, 5) is 2.44. The van der Waals surface area contributed by atoms with Gasteiger partial charge in [-0.05, 0) is 86.8 Å². The molecule has 1 aliphatic rings. The van der Waals surface area contributed by atoms with E-state index in [0.717, 1.165) is 44.6 Å². The maximum Gasteiger partial charge on any atom is 0.136 e. The van der Waals surface area contributed by atoms with E-state index in [9.17, 15) is 0 Å². The van der Waals surface area contributed by atoms with Crippen molar-refractivity contribution in [2.45, 2.75) is 5.41 Å². The van der Waals surface area contributed by atoms with E-state index in [-0.39, 0.29) is 0 Å². The summed E-state index contributed by atoms with van der Waals surface area (Å²) in [6.45, 7) is 0. The Bertz CT molecular complexity index is 3000. The van der Waals surface area contributed by atoms with Gasteiger partial charge in [0.2, 0.25) is 0 Å². The average molecular weight is 702 g/mol. The Morgan fingerprint density at radius 3 is 1.76 bits per heavy atom. The SMILES string of the molecule is c1ccc(N(c2ccc3c(c2)C(c2ccccc2)(c2ccccc2)c2ccccc2-3)c2ccccc2-c2cccc3ccc4oc5ccccc5c4c23)cc1. The molecule has 55 heavy (non-hydrogen) atoms. The second kappa shape index (κ2) is 12.5. The van der Waals surface area contributed by atoms with Crippen molar-refractivity contribution in [2.24, 2.45) is 0 Å². The summed E-state index contributed by atoms with van der Waals surface area (Å²) in [6.07, 6.45) is 0. The Morgan fingerprint density at radius 1 is 0.364 bits per heavy atom. The second-order valence-corrected chi connectivity index (χ2v) is 14.4. The molecule has 0 spiro atoms. The lowest BCUT2D eigenvalue weighted by molar-refractivity contribution is 0.669. The van der Waals surface area contributed by atoms with E-state index in [1.807, 2.05) is 6.07 Å². The van der Waals surface area contributed by atoms with Gasteiger partial charge < -0.3 is 9.32 Å². The van der Waals surface area contributed by atoms with Crippen LogP contribution in [0.2, 0.25) is 0 Å². The topological polar surface area (TPSA) is 16.4 Å². The van der Waals surface area contributed by atoms with Crippen molar-refractivity contribution in [2.75, 3.05) is 4.90 Å². The van der Waals surface area contributed by atoms with E-state index in [2.05, 4.69) is 211 Å². The molecule has 0 fully saturated rings. The summed E-state index contributed by atoms with van der Waals surface area (Å²) in [7, 11) is 0. The lowest BCUT2D eigenvalue weighted by Crippen LogP contribution is -2.28. The van der Waals surface area contributed by atoms with Crippen LogP contribution in [0.15, 0.2) is 217 Å². The van der Waals surface area contributed by atoms with Crippen LogP contribution in [0.1, 0.15) is 22.3 Å². The first-order chi connectivity index (χ1) is 27.3. The minimum absolute atomic E-state index is 0.504. The van der Waals surface area contributed by atoms with Gasteiger partial charge in [0.25, 0.3) is 0 Å². The first kappa shape index (κ1) is 31.4. The van der Waals surface area contributed by atoms with Gasteiger partial charge in [0.05, 0.1) is 11.1 Å². The zero-order valence-electron chi connectivity index (χ0n) is 30.1. The van der Waals surface area contributed by atoms with E-state index in [0.29, 0.717) is 0 Å². The fourth-order valence-corrected chi connectivity index (χ4v) is 9.29. The third-order valence-corrected chi connectivity index (χ3v) is 11.5. The Hall–Kier alpha value is -7.16. The molecule has 1 aromatic heterocycles. The number of rotatable bonds is 6. The first-order valence-corrected chi connectivity index (χ1v) is 18.9. The second-order valence-electron chi connectivity index (χ2n) is 14.4. The van der Waals surface area contributed by atoms with Crippen molar-refractivity contribution in [1.82, 2.24) is 0 Å². The minimum atomic E-state index is -0.504. The van der Waals surface area contributed by atoms with Crippen LogP contribution in [-0.4, -0.2) is 0 Å². The van der Waals surface area contributed by atoms with E-state index in [4.69, 9.17) is 4.42 Å². The molecule has 258 valence electrons. The van der Waals surface area contributed by atoms with Gasteiger partial charge >= 0.3 is 0 Å². The van der Waals surface area contributed by atoms with Gasteiger partial charge in [-0.2, -0.15) is 0 Å². The van der Waals surface area contributed by atoms with Gasteiger partial charge in [-0.3, -0.25) is 0 Å². The molecule has 0 atom stereocenters. The number of hydrogen-bond donors (Lipinski definition) is 0. The molecule has 0 radical (unpaired) electrons. The third kappa shape index (κ3) is 4.68. The molecular formula is C53H35NO. The number of para-hydroxylation sites is 3. The largest absolute Gasteiger partial charge is 0.456 e. The van der Waals surface area contributed by atoms with Crippen LogP contribution in [0.4, 0.5) is 17.1 Å². The predicted octanol–water partition coefficient (Wildman–Crippen LogP) is 14.2. The summed E-state index contributed by atoms with van der Waals surface area (Å²) in [6, 6.07) is 77.0. The Balaban J connectivity index is 1.20. The maximum absolute atomic E-state index is 6.42. The molecule has 1 heterocycles. The highest BCUT2D eigenvalue weighted by molar-refractivity contribution is 6.23. The first-order valence-electron chi connectivity index (χ1n) is 18.9. The lowest BCUT2D eigenvalue weighted by atomic mass is 9.67. The number of benzene rings is 9. The van der Waals surface area contributed by atoms with Crippen LogP contribution >= 0.6 is 0 Å². The summed E-state index contributed by atoms with van der Waals surface area (Å²) in [5.74, 6) is 0. The molecule has 9 aromatic carbocycles. The normalized spacial score (nSPS) is 12.9. The summed E-state index contributed by atoms with van der Waals surface area (Å²) < 4.78 is 6.42. The molecule has 10 aromatic rings. The molecule has 0 saturated heterocycles. The van der Waals surface area contributed by atoms with Crippen LogP contribution in [0.3, 0.4) is 0 Å². The van der Waals surface area contributed by atoms with Gasteiger partial charge in [-0.1, -0.05) is 170 Å². The van der Waals surface area contributed by atoms with Crippen molar-refractivity contribution in [3.8, 4) is 22.3 Å². The zero-order chi connectivity index (χ0) is 36.3. The zero-order valence-corrected chi connectivity index (χ0v) is 30.1. The summed E-state index contributed by atoms with van der Waals surface area (Å²) in [5, 5.41) is 4.66. The number of hydrogen-bond acceptors (Lipinski definition) is 2. The molecule has 2 nitrogen and oxygen atoms in total. The molecule has 0 bridgehead atoms. The minimum Gasteiger partial charge on any atom is -0.456 e. The lowest BCUT2D eigenvalue weighted by Gasteiger charge is -2.35. The van der Waals surface area contributed by atoms with Crippen LogP contribution in [0, 0.1) is 0 Å². The highest BCUT2D eigenvalue weighted by atomic mass is 16.3. The number of anilines is 3. The van der Waals surface area contributed by atoms with E-state index >= 15 is 0 Å². The van der Waals surface area contributed by atoms with Crippen molar-refractivity contribution in [3.63, 3.8) is 0 Å². The highest BCUT2D eigenvalue weighted by Crippen LogP contribution is 2.57. The van der Waals surface area contributed by atoms with Gasteiger partial charge in [-0.25, -0.2) is 0 Å². The standard InChI is InChI=1S/C53H35NO/c1-4-18-37(19-5-1)53(38-20-6-2-7-21-38)46-28-13-10-24-41(46)42-33-32-40(35-47(42)53)54(39-22-8-3-9-23-39)48-29-14-11-25-43(48)44-27-16-17-36-31-34-50-52(51(36)44)45-26-12-15-30-49(45)55-50/h1-35H. The van der Waals surface area contributed by atoms with Crippen LogP contribution < -0.4 is 4.90 Å².